The third-order valence-corrected chi connectivity index (χ3v) is 7.35. The molecule has 1 aromatic heterocycles. The molecule has 4 heterocycles. The van der Waals surface area contributed by atoms with Gasteiger partial charge in [-0.05, 0) is 44.2 Å². The van der Waals surface area contributed by atoms with Gasteiger partial charge in [-0.15, -0.1) is 0 Å². The molecule has 0 aliphatic carbocycles. The minimum Gasteiger partial charge on any atom is -0.489 e. The summed E-state index contributed by atoms with van der Waals surface area (Å²) in [5.41, 5.74) is 7.71. The fourth-order valence-electron chi connectivity index (χ4n) is 5.53. The molecule has 0 radical (unpaired) electrons. The first kappa shape index (κ1) is 24.0. The Morgan fingerprint density at radius 2 is 1.91 bits per heavy atom. The molecule has 8 nitrogen and oxygen atoms in total. The molecule has 186 valence electrons. The van der Waals surface area contributed by atoms with Crippen molar-refractivity contribution in [1.82, 2.24) is 19.8 Å². The molecule has 3 atom stereocenters. The van der Waals surface area contributed by atoms with Crippen LogP contribution in [0.2, 0.25) is 5.02 Å². The van der Waals surface area contributed by atoms with Crippen LogP contribution in [0.15, 0.2) is 36.3 Å². The Bertz CT molecular complexity index is 1110. The van der Waals surface area contributed by atoms with Gasteiger partial charge in [-0.1, -0.05) is 11.6 Å². The van der Waals surface area contributed by atoms with E-state index >= 15 is 0 Å². The fraction of sp³-hybridized carbons (Fsp3) is 0.480. The lowest BCUT2D eigenvalue weighted by Gasteiger charge is -2.39. The second kappa shape index (κ2) is 10.1. The number of rotatable bonds is 7. The zero-order valence-corrected chi connectivity index (χ0v) is 20.1. The highest BCUT2D eigenvalue weighted by Crippen LogP contribution is 2.38. The molecule has 10 heteroatoms. The summed E-state index contributed by atoms with van der Waals surface area (Å²) in [5.74, 6) is -0.0383. The van der Waals surface area contributed by atoms with Crippen LogP contribution >= 0.6 is 11.6 Å². The highest BCUT2D eigenvalue weighted by molar-refractivity contribution is 6.30. The first-order chi connectivity index (χ1) is 16.9. The molecular weight excluding hydrogens is 473 g/mol. The summed E-state index contributed by atoms with van der Waals surface area (Å²) in [6, 6.07) is 4.83. The number of nitrogens with two attached hydrogens (primary N) is 1. The monoisotopic (exact) mass is 501 g/mol. The molecule has 5 rings (SSSR count). The van der Waals surface area contributed by atoms with Gasteiger partial charge in [0.1, 0.15) is 17.7 Å². The molecule has 1 aromatic carbocycles. The lowest BCUT2D eigenvalue weighted by Crippen LogP contribution is -2.46. The number of fused-ring (bicyclic) bond motifs is 2. The highest BCUT2D eigenvalue weighted by atomic mass is 35.5. The maximum atomic E-state index is 14.2. The molecule has 0 spiro atoms. The van der Waals surface area contributed by atoms with Crippen LogP contribution in [-0.4, -0.2) is 75.2 Å². The molecule has 35 heavy (non-hydrogen) atoms. The molecule has 2 fully saturated rings. The van der Waals surface area contributed by atoms with Gasteiger partial charge in [0, 0.05) is 55.0 Å². The van der Waals surface area contributed by atoms with Crippen molar-refractivity contribution in [2.45, 2.75) is 50.3 Å². The van der Waals surface area contributed by atoms with Crippen LogP contribution in [0.3, 0.4) is 0 Å². The smallest absolute Gasteiger partial charge is 0.258 e. The quantitative estimate of drug-likeness (QED) is 0.601. The van der Waals surface area contributed by atoms with Crippen LogP contribution < -0.4 is 10.5 Å². The zero-order valence-electron chi connectivity index (χ0n) is 19.4. The van der Waals surface area contributed by atoms with E-state index in [0.717, 1.165) is 38.6 Å². The number of piperidine rings is 1. The molecule has 2 aromatic rings. The van der Waals surface area contributed by atoms with Gasteiger partial charge < -0.3 is 20.5 Å². The van der Waals surface area contributed by atoms with Crippen molar-refractivity contribution in [1.29, 1.82) is 0 Å². The molecule has 3 aliphatic heterocycles. The van der Waals surface area contributed by atoms with E-state index in [4.69, 9.17) is 22.1 Å². The van der Waals surface area contributed by atoms with E-state index in [0.29, 0.717) is 39.8 Å². The second-order valence-corrected chi connectivity index (χ2v) is 9.88. The summed E-state index contributed by atoms with van der Waals surface area (Å²) < 4.78 is 20.5. The summed E-state index contributed by atoms with van der Waals surface area (Å²) in [6.07, 6.45) is 7.48. The number of halogens is 2. The number of carbonyl (C=O) groups excluding carboxylic acids is 1. The highest BCUT2D eigenvalue weighted by Gasteiger charge is 2.41. The van der Waals surface area contributed by atoms with Crippen molar-refractivity contribution in [3.05, 3.63) is 58.5 Å². The normalized spacial score (nSPS) is 24.3. The minimum atomic E-state index is -0.450. The lowest BCUT2D eigenvalue weighted by molar-refractivity contribution is 0.0447. The van der Waals surface area contributed by atoms with Crippen molar-refractivity contribution in [2.75, 3.05) is 26.2 Å². The molecule has 1 unspecified atom stereocenters. The zero-order chi connectivity index (χ0) is 24.5. The van der Waals surface area contributed by atoms with Crippen molar-refractivity contribution in [2.24, 2.45) is 5.73 Å². The molecule has 1 amide bonds. The van der Waals surface area contributed by atoms with E-state index in [1.165, 1.54) is 30.6 Å². The van der Waals surface area contributed by atoms with E-state index in [1.807, 2.05) is 0 Å². The number of amides is 1. The largest absolute Gasteiger partial charge is 0.489 e. The predicted octanol–water partition coefficient (Wildman–Crippen LogP) is 2.85. The maximum Gasteiger partial charge on any atom is 0.258 e. The number of ether oxygens (including phenoxy) is 1. The third kappa shape index (κ3) is 4.98. The number of hydrogen-bond donors (Lipinski definition) is 2. The van der Waals surface area contributed by atoms with Gasteiger partial charge in [-0.25, -0.2) is 14.4 Å². The predicted molar refractivity (Wildman–Crippen MR) is 129 cm³/mol. The Kier molecular flexibility index (Phi) is 6.91. The summed E-state index contributed by atoms with van der Waals surface area (Å²) in [6.45, 7) is 1.54. The van der Waals surface area contributed by atoms with Crippen LogP contribution in [0.5, 0.6) is 5.75 Å². The van der Waals surface area contributed by atoms with Crippen LogP contribution in [0, 0.1) is 5.82 Å². The Morgan fingerprint density at radius 3 is 2.60 bits per heavy atom. The van der Waals surface area contributed by atoms with Crippen LogP contribution in [0.1, 0.15) is 48.3 Å². The molecule has 2 bridgehead atoms. The van der Waals surface area contributed by atoms with Gasteiger partial charge in [0.25, 0.3) is 5.91 Å². The van der Waals surface area contributed by atoms with Gasteiger partial charge >= 0.3 is 0 Å². The van der Waals surface area contributed by atoms with Crippen LogP contribution in [-0.2, 0) is 0 Å². The summed E-state index contributed by atoms with van der Waals surface area (Å²) >= 11 is 5.88. The molecule has 3 aliphatic rings. The number of aliphatic hydroxyl groups is 1. The van der Waals surface area contributed by atoms with Crippen molar-refractivity contribution in [3.63, 3.8) is 0 Å². The van der Waals surface area contributed by atoms with Crippen molar-refractivity contribution >= 4 is 23.1 Å². The first-order valence-corrected chi connectivity index (χ1v) is 12.4. The standard InChI is InChI=1S/C25H29ClFN5O3/c26-15-11-29-24(30-12-15)21-13-31(14-22(21)28)25(34)20-5-2-16(27)8-23(20)35-19-9-17-3-4-18(10-19)32(17)6-1-7-33/h2,5,8,11-12,17-19,33H,1,3-4,6-7,9-10,13-14,28H2/t17-,18+,19?. The minimum absolute atomic E-state index is 0.0916. The van der Waals surface area contributed by atoms with Crippen LogP contribution in [0.4, 0.5) is 4.39 Å². The third-order valence-electron chi connectivity index (χ3n) is 7.16. The Hall–Kier alpha value is -2.75. The average Bonchev–Trinajstić information content (AvgIpc) is 3.34. The van der Waals surface area contributed by atoms with Gasteiger partial charge in [0.2, 0.25) is 0 Å². The molecule has 2 saturated heterocycles. The van der Waals surface area contributed by atoms with Gasteiger partial charge in [-0.2, -0.15) is 0 Å². The number of aliphatic hydroxyl groups excluding tert-OH is 1. The van der Waals surface area contributed by atoms with E-state index in [1.54, 1.807) is 4.90 Å². The number of nitrogens with zero attached hydrogens (tertiary/aromatic N) is 4. The second-order valence-electron chi connectivity index (χ2n) is 9.44. The maximum absolute atomic E-state index is 14.2. The molecular formula is C25H29ClFN5O3. The number of aromatic nitrogens is 2. The van der Waals surface area contributed by atoms with Gasteiger partial charge in [-0.3, -0.25) is 9.69 Å². The fourth-order valence-corrected chi connectivity index (χ4v) is 5.63. The molecule has 3 N–H and O–H groups in total. The van der Waals surface area contributed by atoms with E-state index < -0.39 is 5.82 Å². The number of hydrogen-bond acceptors (Lipinski definition) is 7. The summed E-state index contributed by atoms with van der Waals surface area (Å²) in [4.78, 5) is 25.9. The van der Waals surface area contributed by atoms with Crippen molar-refractivity contribution in [3.8, 4) is 5.75 Å². The SMILES string of the molecule is NC1=C(c2ncc(Cl)cn2)CN(C(=O)c2ccc(F)cc2OC2C[C@H]3CC[C@@H](C2)N3CCCO)C1. The first-order valence-electron chi connectivity index (χ1n) is 12.0. The lowest BCUT2D eigenvalue weighted by atomic mass is 9.99. The van der Waals surface area contributed by atoms with Crippen LogP contribution in [0.25, 0.3) is 5.57 Å². The summed E-state index contributed by atoms with van der Waals surface area (Å²) in [5, 5.41) is 9.61. The van der Waals surface area contributed by atoms with Gasteiger partial charge in [0.05, 0.1) is 23.7 Å². The Balaban J connectivity index is 1.30. The Labute approximate surface area is 208 Å². The van der Waals surface area contributed by atoms with Crippen molar-refractivity contribution < 1.29 is 19.0 Å². The topological polar surface area (TPSA) is 105 Å². The Morgan fingerprint density at radius 1 is 1.20 bits per heavy atom. The molecule has 0 saturated carbocycles. The van der Waals surface area contributed by atoms with E-state index in [-0.39, 0.29) is 37.5 Å². The van der Waals surface area contributed by atoms with E-state index in [2.05, 4.69) is 14.9 Å². The summed E-state index contributed by atoms with van der Waals surface area (Å²) in [7, 11) is 0. The number of benzene rings is 1. The van der Waals surface area contributed by atoms with E-state index in [9.17, 15) is 14.3 Å². The average molecular weight is 502 g/mol. The van der Waals surface area contributed by atoms with Gasteiger partial charge in [0.15, 0.2) is 5.82 Å². The number of carbonyl (C=O) groups is 1.